The van der Waals surface area contributed by atoms with Gasteiger partial charge < -0.3 is 9.84 Å². The van der Waals surface area contributed by atoms with Crippen LogP contribution in [-0.2, 0) is 9.53 Å². The summed E-state index contributed by atoms with van der Waals surface area (Å²) in [4.78, 5) is 14.7. The van der Waals surface area contributed by atoms with Crippen LogP contribution in [0.25, 0.3) is 0 Å². The van der Waals surface area contributed by atoms with Crippen molar-refractivity contribution in [3.63, 3.8) is 0 Å². The summed E-state index contributed by atoms with van der Waals surface area (Å²) in [5.74, 6) is -0.223. The minimum absolute atomic E-state index is 0.0913. The van der Waals surface area contributed by atoms with Gasteiger partial charge in [0.2, 0.25) is 0 Å². The first-order chi connectivity index (χ1) is 10.7. The minimum atomic E-state index is -0.602. The van der Waals surface area contributed by atoms with Crippen LogP contribution in [0.5, 0.6) is 0 Å². The molecule has 2 aliphatic rings. The Morgan fingerprint density at radius 1 is 1.27 bits per heavy atom. The van der Waals surface area contributed by atoms with Gasteiger partial charge in [-0.1, -0.05) is 42.5 Å². The highest BCUT2D eigenvalue weighted by molar-refractivity contribution is 7.80. The minimum Gasteiger partial charge on any atom is -0.462 e. The lowest BCUT2D eigenvalue weighted by Gasteiger charge is -2.37. The van der Waals surface area contributed by atoms with Gasteiger partial charge in [0.15, 0.2) is 0 Å². The fourth-order valence-corrected chi connectivity index (χ4v) is 3.76. The van der Waals surface area contributed by atoms with Gasteiger partial charge in [-0.15, -0.1) is 0 Å². The first-order valence-corrected chi connectivity index (χ1v) is 8.27. The monoisotopic (exact) mass is 319 g/mol. The Morgan fingerprint density at radius 2 is 1.91 bits per heavy atom. The smallest absolute Gasteiger partial charge is 0.316 e. The number of rotatable bonds is 5. The zero-order valence-electron chi connectivity index (χ0n) is 12.3. The molecule has 0 aliphatic carbocycles. The lowest BCUT2D eigenvalue weighted by Crippen LogP contribution is -2.46. The zero-order chi connectivity index (χ0) is 15.5. The van der Waals surface area contributed by atoms with E-state index >= 15 is 0 Å². The lowest BCUT2D eigenvalue weighted by molar-refractivity contribution is -0.155. The molecule has 2 aliphatic heterocycles. The molecule has 0 aromatic heterocycles. The Balaban J connectivity index is 1.63. The van der Waals surface area contributed by atoms with Crippen LogP contribution in [0.2, 0.25) is 0 Å². The molecule has 1 fully saturated rings. The summed E-state index contributed by atoms with van der Waals surface area (Å²) < 4.78 is 5.68. The molecule has 118 valence electrons. The summed E-state index contributed by atoms with van der Waals surface area (Å²) in [7, 11) is 0. The number of benzene rings is 1. The molecule has 2 heterocycles. The maximum Gasteiger partial charge on any atom is 0.316 e. The second kappa shape index (κ2) is 6.86. The van der Waals surface area contributed by atoms with E-state index in [9.17, 15) is 9.90 Å². The molecule has 3 atom stereocenters. The molecule has 0 spiro atoms. The summed E-state index contributed by atoms with van der Waals surface area (Å²) in [6.07, 6.45) is 5.86. The van der Waals surface area contributed by atoms with E-state index in [4.69, 9.17) is 4.74 Å². The van der Waals surface area contributed by atoms with Gasteiger partial charge in [-0.05, 0) is 5.56 Å². The number of fused-ring (bicyclic) bond motifs is 2. The van der Waals surface area contributed by atoms with Crippen LogP contribution in [0.1, 0.15) is 24.3 Å². The fraction of sp³-hybridized carbons (Fsp3) is 0.471. The van der Waals surface area contributed by atoms with Crippen molar-refractivity contribution in [1.29, 1.82) is 0 Å². The molecular formula is C17H21NO3S. The van der Waals surface area contributed by atoms with Crippen molar-refractivity contribution in [3.8, 4) is 0 Å². The van der Waals surface area contributed by atoms with Gasteiger partial charge >= 0.3 is 5.97 Å². The summed E-state index contributed by atoms with van der Waals surface area (Å²) in [6, 6.07) is 9.91. The molecule has 3 rings (SSSR count). The molecule has 22 heavy (non-hydrogen) atoms. The maximum absolute atomic E-state index is 12.4. The number of aliphatic hydroxyl groups excluding tert-OH is 1. The largest absolute Gasteiger partial charge is 0.462 e. The van der Waals surface area contributed by atoms with E-state index < -0.39 is 5.92 Å². The van der Waals surface area contributed by atoms with Crippen LogP contribution >= 0.6 is 12.6 Å². The van der Waals surface area contributed by atoms with Gasteiger partial charge in [0.1, 0.15) is 12.0 Å². The zero-order valence-corrected chi connectivity index (χ0v) is 13.2. The van der Waals surface area contributed by atoms with E-state index in [1.807, 2.05) is 30.3 Å². The molecule has 0 amide bonds. The molecule has 1 aromatic carbocycles. The lowest BCUT2D eigenvalue weighted by atomic mass is 9.98. The van der Waals surface area contributed by atoms with Crippen LogP contribution in [0.4, 0.5) is 0 Å². The number of hydrogen-bond acceptors (Lipinski definition) is 5. The van der Waals surface area contributed by atoms with Gasteiger partial charge in [0.25, 0.3) is 0 Å². The van der Waals surface area contributed by atoms with Crippen LogP contribution in [0, 0.1) is 0 Å². The Morgan fingerprint density at radius 3 is 2.45 bits per heavy atom. The molecule has 1 N–H and O–H groups in total. The average molecular weight is 319 g/mol. The van der Waals surface area contributed by atoms with Gasteiger partial charge in [-0.25, -0.2) is 0 Å². The fourth-order valence-electron chi connectivity index (χ4n) is 3.34. The molecule has 4 nitrogen and oxygen atoms in total. The number of piperidine rings is 1. The van der Waals surface area contributed by atoms with Crippen molar-refractivity contribution in [2.75, 3.05) is 12.5 Å². The van der Waals surface area contributed by atoms with Gasteiger partial charge in [0.05, 0.1) is 6.61 Å². The number of carbonyl (C=O) groups is 1. The van der Waals surface area contributed by atoms with Gasteiger partial charge in [-0.2, -0.15) is 12.6 Å². The first kappa shape index (κ1) is 15.6. The van der Waals surface area contributed by atoms with E-state index in [1.165, 1.54) is 0 Å². The van der Waals surface area contributed by atoms with E-state index in [1.54, 1.807) is 0 Å². The molecule has 1 aromatic rings. The second-order valence-corrected chi connectivity index (χ2v) is 6.13. The first-order valence-electron chi connectivity index (χ1n) is 7.64. The highest BCUT2D eigenvalue weighted by Crippen LogP contribution is 2.33. The van der Waals surface area contributed by atoms with Crippen molar-refractivity contribution in [2.45, 2.75) is 36.9 Å². The van der Waals surface area contributed by atoms with Crippen LogP contribution in [0.3, 0.4) is 0 Å². The van der Waals surface area contributed by atoms with Crippen molar-refractivity contribution in [1.82, 2.24) is 4.90 Å². The third-order valence-electron chi connectivity index (χ3n) is 4.53. The van der Waals surface area contributed by atoms with E-state index in [2.05, 4.69) is 29.7 Å². The summed E-state index contributed by atoms with van der Waals surface area (Å²) in [5.41, 5.74) is 0.795. The van der Waals surface area contributed by atoms with Gasteiger partial charge in [-0.3, -0.25) is 9.69 Å². The molecule has 0 radical (unpaired) electrons. The summed E-state index contributed by atoms with van der Waals surface area (Å²) in [6.45, 7) is -0.233. The van der Waals surface area contributed by atoms with E-state index in [0.717, 1.165) is 18.4 Å². The van der Waals surface area contributed by atoms with Crippen molar-refractivity contribution in [2.24, 2.45) is 0 Å². The quantitative estimate of drug-likeness (QED) is 0.495. The molecule has 2 bridgehead atoms. The molecule has 5 heteroatoms. The molecular weight excluding hydrogens is 298 g/mol. The summed E-state index contributed by atoms with van der Waals surface area (Å²) in [5, 5.41) is 9.54. The number of aliphatic hydroxyl groups is 1. The average Bonchev–Trinajstić information content (AvgIpc) is 2.79. The Hall–Kier alpha value is -1.30. The molecule has 1 saturated heterocycles. The number of carbonyl (C=O) groups excluding carboxylic acids is 1. The number of thiol groups is 1. The van der Waals surface area contributed by atoms with Crippen molar-refractivity contribution >= 4 is 18.6 Å². The SMILES string of the molecule is O=C(OC1CC2C=CC(C1)N2CS)C(CO)c1ccccc1. The van der Waals surface area contributed by atoms with Crippen molar-refractivity contribution in [3.05, 3.63) is 48.0 Å². The van der Waals surface area contributed by atoms with Gasteiger partial charge in [0, 0.05) is 30.8 Å². The molecule has 0 saturated carbocycles. The topological polar surface area (TPSA) is 49.8 Å². The summed E-state index contributed by atoms with van der Waals surface area (Å²) >= 11 is 4.36. The second-order valence-electron chi connectivity index (χ2n) is 5.85. The Bertz CT molecular complexity index is 532. The number of nitrogens with zero attached hydrogens (tertiary/aromatic N) is 1. The third-order valence-corrected chi connectivity index (χ3v) is 4.86. The molecule has 3 unspecified atom stereocenters. The predicted octanol–water partition coefficient (Wildman–Crippen LogP) is 1.96. The number of esters is 1. The Labute approximate surface area is 136 Å². The van der Waals surface area contributed by atoms with E-state index in [0.29, 0.717) is 18.0 Å². The normalized spacial score (nSPS) is 28.5. The van der Waals surface area contributed by atoms with Crippen molar-refractivity contribution < 1.29 is 14.6 Å². The predicted molar refractivity (Wildman–Crippen MR) is 87.8 cm³/mol. The van der Waals surface area contributed by atoms with Crippen LogP contribution in [0.15, 0.2) is 42.5 Å². The maximum atomic E-state index is 12.4. The number of hydrogen-bond donors (Lipinski definition) is 2. The van der Waals surface area contributed by atoms with E-state index in [-0.39, 0.29) is 18.7 Å². The third kappa shape index (κ3) is 3.07. The standard InChI is InChI=1S/C17H21NO3S/c19-10-16(12-4-2-1-3-5-12)17(20)21-15-8-13-6-7-14(9-15)18(13)11-22/h1-7,13-16,19,22H,8-11H2. The highest BCUT2D eigenvalue weighted by Gasteiger charge is 2.38. The van der Waals surface area contributed by atoms with Crippen LogP contribution < -0.4 is 0 Å². The number of ether oxygens (including phenoxy) is 1. The highest BCUT2D eigenvalue weighted by atomic mass is 32.1. The Kier molecular flexibility index (Phi) is 4.86. The van der Waals surface area contributed by atoms with Crippen LogP contribution in [-0.4, -0.2) is 46.6 Å².